The monoisotopic (exact) mass is 355 g/mol. The number of carbonyl (C=O) groups is 1. The van der Waals surface area contributed by atoms with Gasteiger partial charge in [0.2, 0.25) is 0 Å². The molecule has 0 unspecified atom stereocenters. The Bertz CT molecular complexity index is 1050. The molecule has 0 aliphatic carbocycles. The highest BCUT2D eigenvalue weighted by atomic mass is 16.5. The average Bonchev–Trinajstić information content (AvgIpc) is 3.13. The molecular formula is C17H17N5O4. The van der Waals surface area contributed by atoms with Gasteiger partial charge in [-0.3, -0.25) is 18.7 Å². The van der Waals surface area contributed by atoms with Crippen LogP contribution in [-0.4, -0.2) is 24.8 Å². The van der Waals surface area contributed by atoms with Crippen LogP contribution in [0.25, 0.3) is 0 Å². The van der Waals surface area contributed by atoms with E-state index in [9.17, 15) is 14.4 Å². The van der Waals surface area contributed by atoms with Gasteiger partial charge in [-0.1, -0.05) is 18.2 Å². The summed E-state index contributed by atoms with van der Waals surface area (Å²) in [6, 6.07) is 11.9. The number of hydrogen-bond acceptors (Lipinski definition) is 5. The number of amides is 1. The van der Waals surface area contributed by atoms with E-state index in [0.717, 1.165) is 4.57 Å². The number of anilines is 1. The number of carbonyl (C=O) groups excluding carboxylic acids is 1. The van der Waals surface area contributed by atoms with Gasteiger partial charge in [0.15, 0.2) is 12.4 Å². The summed E-state index contributed by atoms with van der Waals surface area (Å²) in [6.07, 6.45) is 1.60. The molecule has 3 rings (SSSR count). The highest BCUT2D eigenvalue weighted by molar-refractivity contribution is 6.02. The molecule has 1 amide bonds. The predicted octanol–water partition coefficient (Wildman–Crippen LogP) is 0.569. The van der Waals surface area contributed by atoms with Crippen LogP contribution in [0, 0.1) is 0 Å². The number of benzene rings is 1. The maximum Gasteiger partial charge on any atom is 0.332 e. The Kier molecular flexibility index (Phi) is 4.70. The molecule has 9 nitrogen and oxygen atoms in total. The van der Waals surface area contributed by atoms with Crippen LogP contribution in [0.15, 0.2) is 58.3 Å². The normalized spacial score (nSPS) is 10.5. The van der Waals surface area contributed by atoms with Gasteiger partial charge in [0.25, 0.3) is 11.5 Å². The minimum Gasteiger partial charge on any atom is -0.471 e. The zero-order chi connectivity index (χ0) is 18.7. The summed E-state index contributed by atoms with van der Waals surface area (Å²) in [7, 11) is 2.83. The Morgan fingerprint density at radius 3 is 2.58 bits per heavy atom. The molecule has 0 spiro atoms. The molecule has 0 fully saturated rings. The summed E-state index contributed by atoms with van der Waals surface area (Å²) in [5.41, 5.74) is -0.908. The molecule has 3 aromatic rings. The molecule has 0 saturated carbocycles. The van der Waals surface area contributed by atoms with Crippen molar-refractivity contribution in [2.24, 2.45) is 14.1 Å². The Morgan fingerprint density at radius 1 is 1.12 bits per heavy atom. The number of rotatable bonds is 5. The lowest BCUT2D eigenvalue weighted by atomic mass is 10.3. The molecule has 0 radical (unpaired) electrons. The summed E-state index contributed by atoms with van der Waals surface area (Å²) in [4.78, 5) is 35.9. The molecule has 26 heavy (non-hydrogen) atoms. The summed E-state index contributed by atoms with van der Waals surface area (Å²) < 4.78 is 9.13. The van der Waals surface area contributed by atoms with Gasteiger partial charge in [-0.25, -0.2) is 9.48 Å². The lowest BCUT2D eigenvalue weighted by Gasteiger charge is -2.09. The highest BCUT2D eigenvalue weighted by Crippen LogP contribution is 2.09. The lowest BCUT2D eigenvalue weighted by molar-refractivity contribution is 0.101. The van der Waals surface area contributed by atoms with Gasteiger partial charge >= 0.3 is 5.69 Å². The third-order valence-corrected chi connectivity index (χ3v) is 3.75. The summed E-state index contributed by atoms with van der Waals surface area (Å²) in [5, 5.41) is 6.64. The maximum absolute atomic E-state index is 12.3. The molecule has 0 atom stereocenters. The minimum absolute atomic E-state index is 0.0955. The van der Waals surface area contributed by atoms with Gasteiger partial charge in [-0.15, -0.1) is 0 Å². The fraction of sp³-hybridized carbons (Fsp3) is 0.176. The summed E-state index contributed by atoms with van der Waals surface area (Å²) in [6.45, 7) is 0.141. The predicted molar refractivity (Wildman–Crippen MR) is 94.2 cm³/mol. The van der Waals surface area contributed by atoms with Crippen molar-refractivity contribution in [3.05, 3.63) is 75.2 Å². The minimum atomic E-state index is -0.535. The molecular weight excluding hydrogens is 338 g/mol. The van der Waals surface area contributed by atoms with Crippen molar-refractivity contribution >= 4 is 11.7 Å². The number of nitrogens with zero attached hydrogens (tertiary/aromatic N) is 4. The third kappa shape index (κ3) is 3.56. The van der Waals surface area contributed by atoms with Crippen LogP contribution in [-0.2, 0) is 20.8 Å². The van der Waals surface area contributed by atoms with E-state index in [2.05, 4.69) is 10.4 Å². The molecule has 1 aromatic carbocycles. The second-order valence-corrected chi connectivity index (χ2v) is 5.55. The van der Waals surface area contributed by atoms with Gasteiger partial charge in [0, 0.05) is 26.4 Å². The Labute approximate surface area is 148 Å². The first kappa shape index (κ1) is 17.2. The fourth-order valence-corrected chi connectivity index (χ4v) is 2.25. The van der Waals surface area contributed by atoms with Crippen molar-refractivity contribution in [3.63, 3.8) is 0 Å². The second-order valence-electron chi connectivity index (χ2n) is 5.55. The van der Waals surface area contributed by atoms with Gasteiger partial charge in [0.1, 0.15) is 11.6 Å². The van der Waals surface area contributed by atoms with E-state index < -0.39 is 17.2 Å². The second kappa shape index (κ2) is 7.09. The SMILES string of the molecule is Cn1c(NC(=O)c2ccn(COc3ccccc3)n2)cc(=O)n(C)c1=O. The topological polar surface area (TPSA) is 100 Å². The first-order chi connectivity index (χ1) is 12.5. The van der Waals surface area contributed by atoms with E-state index in [0.29, 0.717) is 5.75 Å². The average molecular weight is 355 g/mol. The molecule has 0 aliphatic heterocycles. The molecule has 2 aromatic heterocycles. The van der Waals surface area contributed by atoms with Gasteiger partial charge in [0.05, 0.1) is 0 Å². The third-order valence-electron chi connectivity index (χ3n) is 3.75. The van der Waals surface area contributed by atoms with E-state index in [-0.39, 0.29) is 18.2 Å². The van der Waals surface area contributed by atoms with Gasteiger partial charge in [-0.05, 0) is 18.2 Å². The van der Waals surface area contributed by atoms with Crippen LogP contribution in [0.1, 0.15) is 10.5 Å². The van der Waals surface area contributed by atoms with Crippen molar-refractivity contribution in [2.75, 3.05) is 5.32 Å². The Morgan fingerprint density at radius 2 is 1.85 bits per heavy atom. The first-order valence-electron chi connectivity index (χ1n) is 7.75. The molecule has 9 heteroatoms. The smallest absolute Gasteiger partial charge is 0.332 e. The Hall–Kier alpha value is -3.62. The van der Waals surface area contributed by atoms with Crippen LogP contribution in [0.2, 0.25) is 0 Å². The van der Waals surface area contributed by atoms with Crippen LogP contribution >= 0.6 is 0 Å². The first-order valence-corrected chi connectivity index (χ1v) is 7.75. The molecule has 2 heterocycles. The standard InChI is InChI=1S/C17H17N5O4/c1-20-14(10-15(23)21(2)17(20)25)18-16(24)13-8-9-22(19-13)11-26-12-6-4-3-5-7-12/h3-10H,11H2,1-2H3,(H,18,24). The molecule has 0 saturated heterocycles. The quantitative estimate of drug-likeness (QED) is 0.721. The summed E-state index contributed by atoms with van der Waals surface area (Å²) >= 11 is 0. The van der Waals surface area contributed by atoms with E-state index in [1.807, 2.05) is 30.3 Å². The van der Waals surface area contributed by atoms with E-state index >= 15 is 0 Å². The number of para-hydroxylation sites is 1. The van der Waals surface area contributed by atoms with Crippen LogP contribution in [0.5, 0.6) is 5.75 Å². The number of hydrogen-bond donors (Lipinski definition) is 1. The fourth-order valence-electron chi connectivity index (χ4n) is 2.25. The van der Waals surface area contributed by atoms with Crippen LogP contribution < -0.4 is 21.3 Å². The number of nitrogens with one attached hydrogen (secondary N) is 1. The number of ether oxygens (including phenoxy) is 1. The molecule has 1 N–H and O–H groups in total. The van der Waals surface area contributed by atoms with E-state index in [1.54, 1.807) is 6.20 Å². The van der Waals surface area contributed by atoms with Gasteiger partial charge < -0.3 is 10.1 Å². The van der Waals surface area contributed by atoms with E-state index in [1.165, 1.54) is 35.5 Å². The van der Waals surface area contributed by atoms with Crippen molar-refractivity contribution in [1.82, 2.24) is 18.9 Å². The number of aromatic nitrogens is 4. The van der Waals surface area contributed by atoms with Crippen molar-refractivity contribution in [1.29, 1.82) is 0 Å². The van der Waals surface area contributed by atoms with Crippen LogP contribution in [0.3, 0.4) is 0 Å². The maximum atomic E-state index is 12.3. The molecule has 0 bridgehead atoms. The van der Waals surface area contributed by atoms with Crippen molar-refractivity contribution in [2.45, 2.75) is 6.73 Å². The largest absolute Gasteiger partial charge is 0.471 e. The van der Waals surface area contributed by atoms with Gasteiger partial charge in [-0.2, -0.15) is 5.10 Å². The lowest BCUT2D eigenvalue weighted by Crippen LogP contribution is -2.38. The molecule has 134 valence electrons. The molecule has 0 aliphatic rings. The zero-order valence-electron chi connectivity index (χ0n) is 14.2. The van der Waals surface area contributed by atoms with Crippen molar-refractivity contribution < 1.29 is 9.53 Å². The van der Waals surface area contributed by atoms with Crippen molar-refractivity contribution in [3.8, 4) is 5.75 Å². The highest BCUT2D eigenvalue weighted by Gasteiger charge is 2.13. The zero-order valence-corrected chi connectivity index (χ0v) is 14.2. The Balaban J connectivity index is 1.71. The van der Waals surface area contributed by atoms with E-state index in [4.69, 9.17) is 4.74 Å². The summed E-state index contributed by atoms with van der Waals surface area (Å²) in [5.74, 6) is 0.244. The van der Waals surface area contributed by atoms with Crippen LogP contribution in [0.4, 0.5) is 5.82 Å².